The van der Waals surface area contributed by atoms with Crippen LogP contribution in [0.15, 0.2) is 85.1 Å². The van der Waals surface area contributed by atoms with Crippen LogP contribution in [0.2, 0.25) is 0 Å². The Kier molecular flexibility index (Phi) is 9.93. The smallest absolute Gasteiger partial charge is 0.410 e. The van der Waals surface area contributed by atoms with E-state index in [4.69, 9.17) is 19.6 Å². The predicted molar refractivity (Wildman–Crippen MR) is 202 cm³/mol. The topological polar surface area (TPSA) is 92.5 Å². The van der Waals surface area contributed by atoms with Gasteiger partial charge in [0.25, 0.3) is 0 Å². The van der Waals surface area contributed by atoms with E-state index in [1.54, 1.807) is 16.2 Å². The molecule has 0 saturated carbocycles. The summed E-state index contributed by atoms with van der Waals surface area (Å²) >= 11 is 1.63. The summed E-state index contributed by atoms with van der Waals surface area (Å²) in [5.41, 5.74) is 7.04. The number of hydrogen-bond acceptors (Lipinski definition) is 9. The number of hydrogen-bond donors (Lipinski definition) is 0. The maximum absolute atomic E-state index is 12.7. The number of rotatable bonds is 8. The molecule has 7 rings (SSSR count). The van der Waals surface area contributed by atoms with Crippen molar-refractivity contribution in [1.82, 2.24) is 24.4 Å². The minimum absolute atomic E-state index is 0.336. The van der Waals surface area contributed by atoms with Gasteiger partial charge in [-0.1, -0.05) is 78.1 Å². The van der Waals surface area contributed by atoms with Crippen molar-refractivity contribution in [2.45, 2.75) is 39.2 Å². The first-order valence-electron chi connectivity index (χ1n) is 17.5. The summed E-state index contributed by atoms with van der Waals surface area (Å²) in [6.07, 6.45) is 5.34. The van der Waals surface area contributed by atoms with Crippen LogP contribution in [-0.2, 0) is 15.9 Å². The zero-order valence-corrected chi connectivity index (χ0v) is 30.5. The van der Waals surface area contributed by atoms with E-state index in [2.05, 4.69) is 64.4 Å². The summed E-state index contributed by atoms with van der Waals surface area (Å²) < 4.78 is 12.6. The van der Waals surface area contributed by atoms with Crippen LogP contribution >= 0.6 is 11.3 Å². The molecule has 2 aliphatic rings. The Balaban J connectivity index is 1.02. The first kappa shape index (κ1) is 34.4. The van der Waals surface area contributed by atoms with Crippen LogP contribution in [0, 0.1) is 0 Å². The van der Waals surface area contributed by atoms with Crippen LogP contribution < -0.4 is 4.90 Å². The molecule has 2 aliphatic heterocycles. The van der Waals surface area contributed by atoms with Gasteiger partial charge in [0.2, 0.25) is 10.1 Å². The van der Waals surface area contributed by atoms with Crippen molar-refractivity contribution in [3.8, 4) is 22.4 Å². The third-order valence-corrected chi connectivity index (χ3v) is 10.4. The molecule has 4 heterocycles. The van der Waals surface area contributed by atoms with Crippen LogP contribution in [0.25, 0.3) is 32.9 Å². The number of esters is 1. The second kappa shape index (κ2) is 14.7. The minimum Gasteiger partial charge on any atom is -0.465 e. The molecular formula is C40H44N6O4S. The largest absolute Gasteiger partial charge is 0.465 e. The monoisotopic (exact) mass is 704 g/mol. The van der Waals surface area contributed by atoms with Gasteiger partial charge in [0.15, 0.2) is 0 Å². The summed E-state index contributed by atoms with van der Waals surface area (Å²) in [6, 6.07) is 24.8. The SMILES string of the molecule is COC(=O)c1ccc(-c2ccc(-c3cn4nc(N5CCN(CCc6ccccc6)CC5)sc4n3)cc2)cc1C1=CCN(C(=O)OC(C)(C)C)CC1. The number of imidazole rings is 1. The molecule has 1 fully saturated rings. The molecule has 0 N–H and O–H groups in total. The van der Waals surface area contributed by atoms with Crippen LogP contribution in [0.5, 0.6) is 0 Å². The highest BCUT2D eigenvalue weighted by Crippen LogP contribution is 2.33. The second-order valence-corrected chi connectivity index (χ2v) is 15.0. The van der Waals surface area contributed by atoms with Crippen molar-refractivity contribution in [2.75, 3.05) is 57.8 Å². The molecule has 1 amide bonds. The highest BCUT2D eigenvalue weighted by Gasteiger charge is 2.26. The molecule has 2 aromatic heterocycles. The Bertz CT molecular complexity index is 2010. The van der Waals surface area contributed by atoms with E-state index in [-0.39, 0.29) is 12.1 Å². The number of benzene rings is 3. The molecule has 0 unspecified atom stereocenters. The van der Waals surface area contributed by atoms with E-state index in [0.29, 0.717) is 25.1 Å². The molecule has 51 heavy (non-hydrogen) atoms. The molecule has 0 radical (unpaired) electrons. The number of carbonyl (C=O) groups excluding carboxylic acids is 2. The molecule has 0 spiro atoms. The van der Waals surface area contributed by atoms with Gasteiger partial charge in [-0.3, -0.25) is 4.90 Å². The molecule has 0 bridgehead atoms. The van der Waals surface area contributed by atoms with Crippen molar-refractivity contribution < 1.29 is 19.1 Å². The lowest BCUT2D eigenvalue weighted by atomic mass is 9.91. The lowest BCUT2D eigenvalue weighted by Crippen LogP contribution is -2.47. The highest BCUT2D eigenvalue weighted by molar-refractivity contribution is 7.20. The zero-order chi connectivity index (χ0) is 35.5. The Labute approximate surface area is 302 Å². The number of fused-ring (bicyclic) bond motifs is 1. The molecule has 3 aromatic carbocycles. The quantitative estimate of drug-likeness (QED) is 0.156. The normalized spacial score (nSPS) is 15.6. The highest BCUT2D eigenvalue weighted by atomic mass is 32.1. The number of anilines is 1. The number of amides is 1. The summed E-state index contributed by atoms with van der Waals surface area (Å²) in [5, 5.41) is 5.90. The minimum atomic E-state index is -0.559. The van der Waals surface area contributed by atoms with E-state index in [1.165, 1.54) is 12.7 Å². The van der Waals surface area contributed by atoms with Gasteiger partial charge in [-0.15, -0.1) is 5.10 Å². The van der Waals surface area contributed by atoms with Crippen LogP contribution in [0.3, 0.4) is 0 Å². The van der Waals surface area contributed by atoms with Gasteiger partial charge in [0, 0.05) is 51.4 Å². The summed E-state index contributed by atoms with van der Waals surface area (Å²) in [6.45, 7) is 11.6. The molecule has 11 heteroatoms. The Morgan fingerprint density at radius 3 is 2.27 bits per heavy atom. The van der Waals surface area contributed by atoms with E-state index < -0.39 is 5.60 Å². The fourth-order valence-electron chi connectivity index (χ4n) is 6.57. The van der Waals surface area contributed by atoms with Gasteiger partial charge in [-0.05, 0) is 73.6 Å². The molecule has 5 aromatic rings. The first-order chi connectivity index (χ1) is 24.6. The number of ether oxygens (including phenoxy) is 2. The number of methoxy groups -OCH3 is 1. The molecule has 1 saturated heterocycles. The first-order valence-corrected chi connectivity index (χ1v) is 18.3. The maximum Gasteiger partial charge on any atom is 0.410 e. The van der Waals surface area contributed by atoms with E-state index >= 15 is 0 Å². The zero-order valence-electron chi connectivity index (χ0n) is 29.7. The van der Waals surface area contributed by atoms with Crippen LogP contribution in [-0.4, -0.2) is 95.0 Å². The molecule has 264 valence electrons. The standard InChI is InChI=1S/C40H44N6O4S/c1-40(2,3)50-39(48)45-20-17-30(18-21-45)34-26-32(14-15-33(34)36(47)49-4)29-10-12-31(13-11-29)35-27-46-37(41-35)51-38(42-46)44-24-22-43(23-25-44)19-16-28-8-6-5-7-9-28/h5-15,17,26-27H,16,18-25H2,1-4H3. The van der Waals surface area contributed by atoms with Crippen molar-refractivity contribution in [1.29, 1.82) is 0 Å². The van der Waals surface area contributed by atoms with Crippen LogP contribution in [0.1, 0.15) is 48.7 Å². The summed E-state index contributed by atoms with van der Waals surface area (Å²) in [7, 11) is 1.39. The third kappa shape index (κ3) is 8.00. The average Bonchev–Trinajstić information content (AvgIpc) is 3.74. The van der Waals surface area contributed by atoms with Gasteiger partial charge < -0.3 is 19.3 Å². The van der Waals surface area contributed by atoms with Gasteiger partial charge in [0.1, 0.15) is 5.60 Å². The number of piperazine rings is 1. The fourth-order valence-corrected chi connectivity index (χ4v) is 7.50. The van der Waals surface area contributed by atoms with E-state index in [9.17, 15) is 9.59 Å². The molecule has 10 nitrogen and oxygen atoms in total. The Hall–Kier alpha value is -5.00. The van der Waals surface area contributed by atoms with E-state index in [1.807, 2.05) is 55.8 Å². The summed E-state index contributed by atoms with van der Waals surface area (Å²) in [4.78, 5) is 37.7. The fraction of sp³-hybridized carbons (Fsp3) is 0.350. The van der Waals surface area contributed by atoms with Gasteiger partial charge in [-0.2, -0.15) is 0 Å². The van der Waals surface area contributed by atoms with Crippen molar-refractivity contribution in [3.63, 3.8) is 0 Å². The maximum atomic E-state index is 12.7. The summed E-state index contributed by atoms with van der Waals surface area (Å²) in [5.74, 6) is -0.389. The van der Waals surface area contributed by atoms with Crippen molar-refractivity contribution in [3.05, 3.63) is 102 Å². The van der Waals surface area contributed by atoms with Gasteiger partial charge in [0.05, 0.1) is 24.6 Å². The predicted octanol–water partition coefficient (Wildman–Crippen LogP) is 7.30. The van der Waals surface area contributed by atoms with Crippen molar-refractivity contribution >= 4 is 39.1 Å². The van der Waals surface area contributed by atoms with Gasteiger partial charge >= 0.3 is 12.1 Å². The Morgan fingerprint density at radius 1 is 0.882 bits per heavy atom. The number of aromatic nitrogens is 3. The molecule has 0 atom stereocenters. The van der Waals surface area contributed by atoms with Crippen LogP contribution in [0.4, 0.5) is 9.93 Å². The van der Waals surface area contributed by atoms with Gasteiger partial charge in [-0.25, -0.2) is 19.1 Å². The molecule has 0 aliphatic carbocycles. The second-order valence-electron chi connectivity index (χ2n) is 14.0. The number of carbonyl (C=O) groups is 2. The Morgan fingerprint density at radius 2 is 1.61 bits per heavy atom. The third-order valence-electron chi connectivity index (χ3n) is 9.38. The average molecular weight is 705 g/mol. The van der Waals surface area contributed by atoms with Crippen molar-refractivity contribution in [2.24, 2.45) is 0 Å². The lowest BCUT2D eigenvalue weighted by molar-refractivity contribution is 0.0270. The van der Waals surface area contributed by atoms with E-state index in [0.717, 1.165) is 82.8 Å². The lowest BCUT2D eigenvalue weighted by Gasteiger charge is -2.34. The molecular weight excluding hydrogens is 661 g/mol. The number of nitrogens with zero attached hydrogens (tertiary/aromatic N) is 6.